The van der Waals surface area contributed by atoms with E-state index in [1.54, 1.807) is 29.6 Å². The number of halogens is 1. The Kier molecular flexibility index (Phi) is 4.15. The number of thiophene rings is 1. The fraction of sp³-hybridized carbons (Fsp3) is 0.167. The van der Waals surface area contributed by atoms with Gasteiger partial charge in [0.15, 0.2) is 0 Å². The van der Waals surface area contributed by atoms with Crippen LogP contribution in [0.25, 0.3) is 0 Å². The lowest BCUT2D eigenvalue weighted by Crippen LogP contribution is -2.12. The average Bonchev–Trinajstić information content (AvgIpc) is 2.82. The third-order valence-corrected chi connectivity index (χ3v) is 5.67. The molecule has 2 rings (SSSR count). The Bertz CT molecular complexity index is 696. The van der Waals surface area contributed by atoms with Crippen LogP contribution >= 0.6 is 22.9 Å². The highest BCUT2D eigenvalue weighted by Crippen LogP contribution is 2.27. The molecule has 19 heavy (non-hydrogen) atoms. The second-order valence-electron chi connectivity index (χ2n) is 4.07. The number of aryl methyl sites for hydroxylation is 1. The Hall–Kier alpha value is -1.08. The van der Waals surface area contributed by atoms with Crippen LogP contribution in [0.5, 0.6) is 0 Å². The molecule has 0 saturated carbocycles. The van der Waals surface area contributed by atoms with Gasteiger partial charge in [-0.25, -0.2) is 8.42 Å². The van der Waals surface area contributed by atoms with E-state index in [2.05, 4.69) is 4.72 Å². The van der Waals surface area contributed by atoms with Crippen LogP contribution in [0, 0.1) is 6.92 Å². The van der Waals surface area contributed by atoms with E-state index in [-0.39, 0.29) is 4.21 Å². The number of nitrogens with two attached hydrogens (primary N) is 1. The molecule has 0 aliphatic rings. The topological polar surface area (TPSA) is 72.2 Å². The summed E-state index contributed by atoms with van der Waals surface area (Å²) in [5.74, 6) is 0. The van der Waals surface area contributed by atoms with Crippen molar-refractivity contribution in [2.45, 2.75) is 17.7 Å². The molecule has 7 heteroatoms. The first kappa shape index (κ1) is 14.3. The zero-order valence-electron chi connectivity index (χ0n) is 10.2. The molecular weight excluding hydrogens is 304 g/mol. The Morgan fingerprint density at radius 2 is 2.11 bits per heavy atom. The van der Waals surface area contributed by atoms with Crippen molar-refractivity contribution >= 4 is 38.6 Å². The van der Waals surface area contributed by atoms with Crippen LogP contribution in [-0.2, 0) is 16.6 Å². The average molecular weight is 317 g/mol. The summed E-state index contributed by atoms with van der Waals surface area (Å²) in [5, 5.41) is 2.10. The summed E-state index contributed by atoms with van der Waals surface area (Å²) in [6.45, 7) is 2.20. The first-order chi connectivity index (χ1) is 8.92. The molecule has 0 bridgehead atoms. The zero-order valence-corrected chi connectivity index (χ0v) is 12.6. The van der Waals surface area contributed by atoms with Gasteiger partial charge in [-0.3, -0.25) is 4.72 Å². The lowest BCUT2D eigenvalue weighted by Gasteiger charge is -2.08. The molecule has 0 fully saturated rings. The fourth-order valence-electron chi connectivity index (χ4n) is 1.50. The maximum absolute atomic E-state index is 12.2. The second-order valence-corrected chi connectivity index (χ2v) is 7.29. The van der Waals surface area contributed by atoms with Gasteiger partial charge in [0.1, 0.15) is 4.21 Å². The summed E-state index contributed by atoms with van der Waals surface area (Å²) in [6.07, 6.45) is 0. The number of benzene rings is 1. The van der Waals surface area contributed by atoms with Crippen molar-refractivity contribution < 1.29 is 8.42 Å². The van der Waals surface area contributed by atoms with Crippen LogP contribution in [0.1, 0.15) is 11.1 Å². The molecule has 0 amide bonds. The highest BCUT2D eigenvalue weighted by molar-refractivity contribution is 7.94. The highest BCUT2D eigenvalue weighted by atomic mass is 35.5. The lowest BCUT2D eigenvalue weighted by molar-refractivity contribution is 0.603. The van der Waals surface area contributed by atoms with Gasteiger partial charge in [-0.15, -0.1) is 11.3 Å². The van der Waals surface area contributed by atoms with E-state index >= 15 is 0 Å². The molecule has 0 radical (unpaired) electrons. The van der Waals surface area contributed by atoms with Crippen LogP contribution in [-0.4, -0.2) is 8.42 Å². The van der Waals surface area contributed by atoms with Crippen LogP contribution in [0.4, 0.5) is 5.69 Å². The Morgan fingerprint density at radius 3 is 2.68 bits per heavy atom. The quantitative estimate of drug-likeness (QED) is 0.911. The maximum atomic E-state index is 12.2. The molecule has 2 aromatic rings. The molecule has 0 aliphatic heterocycles. The van der Waals surface area contributed by atoms with E-state index in [0.29, 0.717) is 17.3 Å². The van der Waals surface area contributed by atoms with Crippen LogP contribution in [0.3, 0.4) is 0 Å². The van der Waals surface area contributed by atoms with Crippen molar-refractivity contribution in [1.82, 2.24) is 0 Å². The number of hydrogen-bond acceptors (Lipinski definition) is 4. The van der Waals surface area contributed by atoms with Gasteiger partial charge in [0.25, 0.3) is 10.0 Å². The largest absolute Gasteiger partial charge is 0.326 e. The summed E-state index contributed by atoms with van der Waals surface area (Å²) in [6, 6.07) is 6.71. The van der Waals surface area contributed by atoms with E-state index in [0.717, 1.165) is 22.5 Å². The molecule has 3 N–H and O–H groups in total. The number of anilines is 1. The molecule has 4 nitrogen and oxygen atoms in total. The molecule has 1 aromatic heterocycles. The number of hydrogen-bond donors (Lipinski definition) is 2. The summed E-state index contributed by atoms with van der Waals surface area (Å²) >= 11 is 7.15. The van der Waals surface area contributed by atoms with Crippen LogP contribution in [0.2, 0.25) is 5.02 Å². The molecule has 0 aliphatic carbocycles. The predicted octanol–water partition coefficient (Wildman–Crippen LogP) is 2.97. The number of sulfonamides is 1. The van der Waals surface area contributed by atoms with E-state index in [1.165, 1.54) is 0 Å². The summed E-state index contributed by atoms with van der Waals surface area (Å²) in [5.41, 5.74) is 7.60. The Balaban J connectivity index is 2.30. The number of nitrogens with one attached hydrogen (secondary N) is 1. The molecule has 102 valence electrons. The Labute approximate surface area is 121 Å². The van der Waals surface area contributed by atoms with Gasteiger partial charge >= 0.3 is 0 Å². The minimum Gasteiger partial charge on any atom is -0.326 e. The third kappa shape index (κ3) is 3.27. The molecule has 1 heterocycles. The summed E-state index contributed by atoms with van der Waals surface area (Å²) < 4.78 is 27.0. The molecule has 0 unspecified atom stereocenters. The van der Waals surface area contributed by atoms with Gasteiger partial charge in [0.2, 0.25) is 0 Å². The third-order valence-electron chi connectivity index (χ3n) is 2.50. The highest BCUT2D eigenvalue weighted by Gasteiger charge is 2.18. The van der Waals surface area contributed by atoms with Crippen molar-refractivity contribution in [3.05, 3.63) is 45.8 Å². The SMILES string of the molecule is Cc1ccc(NS(=O)(=O)c2cc(CN)cs2)c(Cl)c1. The van der Waals surface area contributed by atoms with E-state index < -0.39 is 10.0 Å². The zero-order chi connectivity index (χ0) is 14.0. The monoisotopic (exact) mass is 316 g/mol. The van der Waals surface area contributed by atoms with Gasteiger partial charge in [-0.1, -0.05) is 17.7 Å². The summed E-state index contributed by atoms with van der Waals surface area (Å²) in [4.78, 5) is 0. The van der Waals surface area contributed by atoms with Gasteiger partial charge in [0.05, 0.1) is 10.7 Å². The lowest BCUT2D eigenvalue weighted by atomic mass is 10.2. The minimum absolute atomic E-state index is 0.226. The minimum atomic E-state index is -3.61. The standard InChI is InChI=1S/C12H13ClN2O2S2/c1-8-2-3-11(10(13)4-8)15-19(16,17)12-5-9(6-14)7-18-12/h2-5,7,15H,6,14H2,1H3. The van der Waals surface area contributed by atoms with Gasteiger partial charge in [-0.2, -0.15) is 0 Å². The van der Waals surface area contributed by atoms with Gasteiger partial charge < -0.3 is 5.73 Å². The van der Waals surface area contributed by atoms with Gasteiger partial charge in [-0.05, 0) is 41.6 Å². The molecule has 0 saturated heterocycles. The Morgan fingerprint density at radius 1 is 1.37 bits per heavy atom. The molecule has 1 aromatic carbocycles. The van der Waals surface area contributed by atoms with E-state index in [1.807, 2.05) is 6.92 Å². The molecule has 0 atom stereocenters. The van der Waals surface area contributed by atoms with Crippen LogP contribution in [0.15, 0.2) is 33.9 Å². The van der Waals surface area contributed by atoms with Crippen molar-refractivity contribution in [2.75, 3.05) is 4.72 Å². The van der Waals surface area contributed by atoms with E-state index in [9.17, 15) is 8.42 Å². The first-order valence-corrected chi connectivity index (χ1v) is 8.23. The normalized spacial score (nSPS) is 11.5. The smallest absolute Gasteiger partial charge is 0.271 e. The van der Waals surface area contributed by atoms with E-state index in [4.69, 9.17) is 17.3 Å². The predicted molar refractivity (Wildman–Crippen MR) is 79.2 cm³/mol. The van der Waals surface area contributed by atoms with Gasteiger partial charge in [0, 0.05) is 6.54 Å². The first-order valence-electron chi connectivity index (χ1n) is 5.49. The molecule has 0 spiro atoms. The maximum Gasteiger partial charge on any atom is 0.271 e. The fourth-order valence-corrected chi connectivity index (χ4v) is 4.14. The van der Waals surface area contributed by atoms with Crippen molar-refractivity contribution in [3.8, 4) is 0 Å². The van der Waals surface area contributed by atoms with Crippen LogP contribution < -0.4 is 10.5 Å². The second kappa shape index (κ2) is 5.50. The van der Waals surface area contributed by atoms with Crippen molar-refractivity contribution in [1.29, 1.82) is 0 Å². The van der Waals surface area contributed by atoms with Crippen molar-refractivity contribution in [2.24, 2.45) is 5.73 Å². The van der Waals surface area contributed by atoms with Crippen molar-refractivity contribution in [3.63, 3.8) is 0 Å². The summed E-state index contributed by atoms with van der Waals surface area (Å²) in [7, 11) is -3.61. The number of rotatable bonds is 4. The molecular formula is C12H13ClN2O2S2.